The Labute approximate surface area is 168 Å². The number of rotatable bonds is 5. The molecule has 0 aliphatic rings. The molecule has 136 valence electrons. The first kappa shape index (κ1) is 18.0. The third-order valence-electron chi connectivity index (χ3n) is 4.42. The Morgan fingerprint density at radius 3 is 2.56 bits per heavy atom. The number of fused-ring (bicyclic) bond motifs is 1. The fraction of sp³-hybridized carbons (Fsp3) is 0.136. The number of aromatic nitrogens is 2. The van der Waals surface area contributed by atoms with Crippen LogP contribution in [0.4, 0.5) is 0 Å². The maximum absolute atomic E-state index is 6.33. The second-order valence-electron chi connectivity index (χ2n) is 6.30. The average Bonchev–Trinajstić information content (AvgIpc) is 3.05. The smallest absolute Gasteiger partial charge is 0.174 e. The Kier molecular flexibility index (Phi) is 5.10. The first-order chi connectivity index (χ1) is 13.2. The SMILES string of the molecule is COc1ccc(-n2c(SCc3ccccc3Cl)nc3ccc(C)cc32)cc1. The van der Waals surface area contributed by atoms with Crippen molar-refractivity contribution >= 4 is 34.4 Å². The van der Waals surface area contributed by atoms with Gasteiger partial charge in [-0.15, -0.1) is 0 Å². The van der Waals surface area contributed by atoms with Crippen LogP contribution >= 0.6 is 23.4 Å². The van der Waals surface area contributed by atoms with Gasteiger partial charge in [0.25, 0.3) is 0 Å². The molecule has 1 aromatic heterocycles. The lowest BCUT2D eigenvalue weighted by atomic mass is 10.2. The predicted molar refractivity (Wildman–Crippen MR) is 113 cm³/mol. The molecule has 27 heavy (non-hydrogen) atoms. The van der Waals surface area contributed by atoms with Crippen molar-refractivity contribution in [2.45, 2.75) is 17.8 Å². The number of halogens is 1. The van der Waals surface area contributed by atoms with Crippen LogP contribution in [0.2, 0.25) is 5.02 Å². The Morgan fingerprint density at radius 1 is 1.04 bits per heavy atom. The third-order valence-corrected chi connectivity index (χ3v) is 5.78. The monoisotopic (exact) mass is 394 g/mol. The van der Waals surface area contributed by atoms with E-state index in [0.29, 0.717) is 0 Å². The third kappa shape index (κ3) is 3.68. The highest BCUT2D eigenvalue weighted by molar-refractivity contribution is 7.98. The maximum atomic E-state index is 6.33. The Bertz CT molecular complexity index is 1090. The van der Waals surface area contributed by atoms with Crippen LogP contribution in [0.5, 0.6) is 5.75 Å². The van der Waals surface area contributed by atoms with Crippen molar-refractivity contribution in [1.29, 1.82) is 0 Å². The highest BCUT2D eigenvalue weighted by Gasteiger charge is 2.14. The molecule has 0 fully saturated rings. The van der Waals surface area contributed by atoms with Gasteiger partial charge in [0.1, 0.15) is 5.75 Å². The summed E-state index contributed by atoms with van der Waals surface area (Å²) in [6.07, 6.45) is 0. The minimum atomic E-state index is 0.762. The van der Waals surface area contributed by atoms with Crippen molar-refractivity contribution in [3.63, 3.8) is 0 Å². The number of methoxy groups -OCH3 is 1. The summed E-state index contributed by atoms with van der Waals surface area (Å²) in [7, 11) is 1.68. The first-order valence-electron chi connectivity index (χ1n) is 8.65. The van der Waals surface area contributed by atoms with Crippen LogP contribution < -0.4 is 4.74 Å². The molecule has 0 atom stereocenters. The zero-order valence-electron chi connectivity index (χ0n) is 15.1. The number of aryl methyl sites for hydroxylation is 1. The minimum absolute atomic E-state index is 0.762. The fourth-order valence-corrected chi connectivity index (χ4v) is 4.31. The van der Waals surface area contributed by atoms with Gasteiger partial charge in [0.15, 0.2) is 5.16 Å². The molecule has 0 unspecified atom stereocenters. The van der Waals surface area contributed by atoms with Gasteiger partial charge in [-0.3, -0.25) is 4.57 Å². The molecule has 0 saturated carbocycles. The normalized spacial score (nSPS) is 11.1. The molecule has 0 radical (unpaired) electrons. The number of benzene rings is 3. The largest absolute Gasteiger partial charge is 0.497 e. The van der Waals surface area contributed by atoms with E-state index in [2.05, 4.69) is 47.9 Å². The van der Waals surface area contributed by atoms with E-state index in [0.717, 1.165) is 44.0 Å². The van der Waals surface area contributed by atoms with E-state index >= 15 is 0 Å². The van der Waals surface area contributed by atoms with Crippen LogP contribution in [0, 0.1) is 6.92 Å². The van der Waals surface area contributed by atoms with Gasteiger partial charge < -0.3 is 4.74 Å². The van der Waals surface area contributed by atoms with Crippen LogP contribution in [-0.2, 0) is 5.75 Å². The molecule has 5 heteroatoms. The van der Waals surface area contributed by atoms with Gasteiger partial charge in [0.05, 0.1) is 18.1 Å². The summed E-state index contributed by atoms with van der Waals surface area (Å²) in [6.45, 7) is 2.10. The van der Waals surface area contributed by atoms with Crippen LogP contribution in [-0.4, -0.2) is 16.7 Å². The molecule has 0 bridgehead atoms. The van der Waals surface area contributed by atoms with E-state index in [1.54, 1.807) is 18.9 Å². The van der Waals surface area contributed by atoms with E-state index in [1.807, 2.05) is 30.3 Å². The number of imidazole rings is 1. The molecule has 3 aromatic carbocycles. The fourth-order valence-electron chi connectivity index (χ4n) is 3.00. The van der Waals surface area contributed by atoms with Crippen LogP contribution in [0.3, 0.4) is 0 Å². The molecule has 4 rings (SSSR count). The molecule has 0 N–H and O–H groups in total. The second-order valence-corrected chi connectivity index (χ2v) is 7.65. The van der Waals surface area contributed by atoms with Crippen molar-refractivity contribution in [1.82, 2.24) is 9.55 Å². The second kappa shape index (κ2) is 7.67. The standard InChI is InChI=1S/C22H19ClN2OS/c1-15-7-12-20-21(13-15)25(17-8-10-18(26-2)11-9-17)22(24-20)27-14-16-5-3-4-6-19(16)23/h3-13H,14H2,1-2H3. The minimum Gasteiger partial charge on any atom is -0.497 e. The summed E-state index contributed by atoms with van der Waals surface area (Å²) in [5.74, 6) is 1.60. The summed E-state index contributed by atoms with van der Waals surface area (Å²) in [5.41, 5.74) is 5.46. The summed E-state index contributed by atoms with van der Waals surface area (Å²) in [4.78, 5) is 4.87. The molecular weight excluding hydrogens is 376 g/mol. The molecule has 1 heterocycles. The van der Waals surface area contributed by atoms with Crippen molar-refractivity contribution in [2.24, 2.45) is 0 Å². The average molecular weight is 395 g/mol. The number of hydrogen-bond donors (Lipinski definition) is 0. The topological polar surface area (TPSA) is 27.1 Å². The molecule has 0 aliphatic heterocycles. The van der Waals surface area contributed by atoms with Crippen molar-refractivity contribution in [3.8, 4) is 11.4 Å². The van der Waals surface area contributed by atoms with Crippen molar-refractivity contribution in [2.75, 3.05) is 7.11 Å². The van der Waals surface area contributed by atoms with Crippen molar-refractivity contribution < 1.29 is 4.74 Å². The van der Waals surface area contributed by atoms with E-state index in [-0.39, 0.29) is 0 Å². The quantitative estimate of drug-likeness (QED) is 0.372. The maximum Gasteiger partial charge on any atom is 0.174 e. The van der Waals surface area contributed by atoms with Gasteiger partial charge in [0.2, 0.25) is 0 Å². The van der Waals surface area contributed by atoms with E-state index in [4.69, 9.17) is 21.3 Å². The first-order valence-corrected chi connectivity index (χ1v) is 10.0. The van der Waals surface area contributed by atoms with Gasteiger partial charge in [-0.25, -0.2) is 4.98 Å². The lowest BCUT2D eigenvalue weighted by molar-refractivity contribution is 0.414. The lowest BCUT2D eigenvalue weighted by Crippen LogP contribution is -1.97. The zero-order valence-corrected chi connectivity index (χ0v) is 16.7. The number of hydrogen-bond acceptors (Lipinski definition) is 3. The molecule has 0 amide bonds. The van der Waals surface area contributed by atoms with E-state index < -0.39 is 0 Å². The molecule has 3 nitrogen and oxygen atoms in total. The van der Waals surface area contributed by atoms with Gasteiger partial charge in [0, 0.05) is 16.5 Å². The van der Waals surface area contributed by atoms with Gasteiger partial charge >= 0.3 is 0 Å². The number of ether oxygens (including phenoxy) is 1. The molecule has 0 aliphatic carbocycles. The van der Waals surface area contributed by atoms with Crippen LogP contribution in [0.25, 0.3) is 16.7 Å². The Balaban J connectivity index is 1.78. The van der Waals surface area contributed by atoms with Crippen LogP contribution in [0.15, 0.2) is 71.9 Å². The van der Waals surface area contributed by atoms with Gasteiger partial charge in [-0.1, -0.05) is 47.6 Å². The molecular formula is C22H19ClN2OS. The van der Waals surface area contributed by atoms with Gasteiger partial charge in [-0.2, -0.15) is 0 Å². The summed E-state index contributed by atoms with van der Waals surface area (Å²) >= 11 is 8.01. The number of thioether (sulfide) groups is 1. The summed E-state index contributed by atoms with van der Waals surface area (Å²) in [5, 5.41) is 1.73. The number of nitrogens with zero attached hydrogens (tertiary/aromatic N) is 2. The molecule has 4 aromatic rings. The summed E-state index contributed by atoms with van der Waals surface area (Å²) in [6, 6.07) is 22.3. The highest BCUT2D eigenvalue weighted by Crippen LogP contribution is 2.32. The van der Waals surface area contributed by atoms with Crippen molar-refractivity contribution in [3.05, 3.63) is 82.9 Å². The summed E-state index contributed by atoms with van der Waals surface area (Å²) < 4.78 is 7.49. The lowest BCUT2D eigenvalue weighted by Gasteiger charge is -2.10. The van der Waals surface area contributed by atoms with E-state index in [1.165, 1.54) is 5.56 Å². The predicted octanol–water partition coefficient (Wildman–Crippen LogP) is 6.29. The molecule has 0 spiro atoms. The highest BCUT2D eigenvalue weighted by atomic mass is 35.5. The Morgan fingerprint density at radius 2 is 1.81 bits per heavy atom. The van der Waals surface area contributed by atoms with Gasteiger partial charge in [-0.05, 0) is 60.5 Å². The zero-order chi connectivity index (χ0) is 18.8. The molecule has 0 saturated heterocycles. The van der Waals surface area contributed by atoms with E-state index in [9.17, 15) is 0 Å². The Hall–Kier alpha value is -2.43. The van der Waals surface area contributed by atoms with Crippen LogP contribution in [0.1, 0.15) is 11.1 Å².